The fourth-order valence-corrected chi connectivity index (χ4v) is 7.23. The first-order valence-electron chi connectivity index (χ1n) is 18.4. The average molecular weight is 748 g/mol. The van der Waals surface area contributed by atoms with Crippen molar-refractivity contribution >= 4 is 57.6 Å². The molecule has 6 N–H and O–H groups in total. The molecule has 1 aliphatic rings. The van der Waals surface area contributed by atoms with Gasteiger partial charge < -0.3 is 25.5 Å². The summed E-state index contributed by atoms with van der Waals surface area (Å²) in [6, 6.07) is 11.9. The lowest BCUT2D eigenvalue weighted by Gasteiger charge is -2.20. The van der Waals surface area contributed by atoms with Crippen LogP contribution >= 0.6 is 0 Å². The maximum atomic E-state index is 14.2. The number of amides is 4. The number of imidazole rings is 2. The van der Waals surface area contributed by atoms with Crippen LogP contribution in [0.4, 0.5) is 11.9 Å². The molecule has 4 aromatic heterocycles. The first-order chi connectivity index (χ1) is 26.4. The highest BCUT2D eigenvalue weighted by molar-refractivity contribution is 6.05. The van der Waals surface area contributed by atoms with Crippen molar-refractivity contribution in [1.29, 1.82) is 0 Å². The van der Waals surface area contributed by atoms with Crippen molar-refractivity contribution in [2.45, 2.75) is 72.6 Å². The van der Waals surface area contributed by atoms with E-state index in [2.05, 4.69) is 20.6 Å². The second-order valence-electron chi connectivity index (χ2n) is 14.0. The number of anilines is 2. The van der Waals surface area contributed by atoms with Gasteiger partial charge in [-0.1, -0.05) is 6.42 Å². The van der Waals surface area contributed by atoms with E-state index in [-0.39, 0.29) is 11.8 Å². The third-order valence-corrected chi connectivity index (χ3v) is 10.1. The summed E-state index contributed by atoms with van der Waals surface area (Å²) in [5.74, 6) is -1.14. The summed E-state index contributed by atoms with van der Waals surface area (Å²) in [4.78, 5) is 63.6. The first-order valence-corrected chi connectivity index (χ1v) is 18.4. The molecule has 286 valence electrons. The Morgan fingerprint density at radius 2 is 1.33 bits per heavy atom. The number of nitrogens with zero attached hydrogens (tertiary/aromatic N) is 9. The van der Waals surface area contributed by atoms with Gasteiger partial charge in [0.1, 0.15) is 11.4 Å². The molecule has 0 atom stereocenters. The fraction of sp³-hybridized carbons (Fsp3) is 0.368. The summed E-state index contributed by atoms with van der Waals surface area (Å²) < 4.78 is 7.29. The molecule has 55 heavy (non-hydrogen) atoms. The molecular formula is C38H45N13O4. The second kappa shape index (κ2) is 15.2. The Hall–Kier alpha value is -6.36. The van der Waals surface area contributed by atoms with Gasteiger partial charge in [-0.25, -0.2) is 9.97 Å². The Balaban J connectivity index is 1.26. The second-order valence-corrected chi connectivity index (χ2v) is 14.0. The SMILES string of the molecule is CCn1nc(C)c2c1C(=O)Nc1nc3cc(C(N)=O)ccc3n1CCN(C)CCn1c(nc3cc(C(N)=O)ccc31)NC(=O)c1cc(C)nn1CCCCC2. The van der Waals surface area contributed by atoms with Crippen molar-refractivity contribution < 1.29 is 19.2 Å². The number of primary amides is 2. The number of hydrogen-bond donors (Lipinski definition) is 4. The van der Waals surface area contributed by atoms with Gasteiger partial charge in [-0.15, -0.1) is 0 Å². The van der Waals surface area contributed by atoms with Crippen LogP contribution in [0.5, 0.6) is 0 Å². The molecule has 2 aromatic carbocycles. The van der Waals surface area contributed by atoms with Gasteiger partial charge in [0.25, 0.3) is 11.8 Å². The molecule has 5 heterocycles. The smallest absolute Gasteiger partial charge is 0.276 e. The lowest BCUT2D eigenvalue weighted by atomic mass is 10.0. The van der Waals surface area contributed by atoms with E-state index in [4.69, 9.17) is 26.5 Å². The van der Waals surface area contributed by atoms with E-state index in [1.165, 1.54) is 0 Å². The van der Waals surface area contributed by atoms with E-state index in [0.29, 0.717) is 91.1 Å². The Bertz CT molecular complexity index is 2470. The van der Waals surface area contributed by atoms with Gasteiger partial charge >= 0.3 is 0 Å². The number of carbonyl (C=O) groups excluding carboxylic acids is 4. The van der Waals surface area contributed by atoms with Crippen LogP contribution in [-0.4, -0.2) is 87.3 Å². The zero-order valence-electron chi connectivity index (χ0n) is 31.4. The summed E-state index contributed by atoms with van der Waals surface area (Å²) in [6.07, 6.45) is 3.00. The molecule has 0 radical (unpaired) electrons. The van der Waals surface area contributed by atoms with Crippen LogP contribution in [-0.2, 0) is 32.6 Å². The van der Waals surface area contributed by atoms with Gasteiger partial charge in [0.15, 0.2) is 0 Å². The number of aromatic nitrogens is 8. The average Bonchev–Trinajstić information content (AvgIpc) is 3.89. The number of fused-ring (bicyclic) bond motifs is 8. The fourth-order valence-electron chi connectivity index (χ4n) is 7.23. The molecule has 1 aliphatic heterocycles. The lowest BCUT2D eigenvalue weighted by molar-refractivity contribution is 0.0992. The van der Waals surface area contributed by atoms with E-state index in [0.717, 1.165) is 47.2 Å². The van der Waals surface area contributed by atoms with E-state index in [1.54, 1.807) is 51.8 Å². The number of rotatable bonds is 3. The maximum Gasteiger partial charge on any atom is 0.276 e. The Kier molecular flexibility index (Phi) is 10.2. The number of nitrogens with one attached hydrogen (secondary N) is 2. The zero-order valence-corrected chi connectivity index (χ0v) is 31.4. The number of hydrogen-bond acceptors (Lipinski definition) is 9. The Labute approximate surface area is 316 Å². The lowest BCUT2D eigenvalue weighted by Crippen LogP contribution is -2.29. The normalized spacial score (nSPS) is 15.3. The van der Waals surface area contributed by atoms with E-state index >= 15 is 0 Å². The molecule has 17 heteroatoms. The molecule has 17 nitrogen and oxygen atoms in total. The van der Waals surface area contributed by atoms with Gasteiger partial charge in [0, 0.05) is 56.0 Å². The molecule has 0 aliphatic carbocycles. The largest absolute Gasteiger partial charge is 0.366 e. The molecule has 0 bridgehead atoms. The van der Waals surface area contributed by atoms with Gasteiger partial charge in [-0.3, -0.25) is 39.2 Å². The van der Waals surface area contributed by atoms with Gasteiger partial charge in [-0.2, -0.15) is 10.2 Å². The highest BCUT2D eigenvalue weighted by Gasteiger charge is 2.25. The van der Waals surface area contributed by atoms with E-state index in [1.807, 2.05) is 37.0 Å². The Morgan fingerprint density at radius 1 is 0.745 bits per heavy atom. The molecule has 0 fully saturated rings. The van der Waals surface area contributed by atoms with E-state index in [9.17, 15) is 19.2 Å². The van der Waals surface area contributed by atoms with Crippen LogP contribution in [0.2, 0.25) is 0 Å². The van der Waals surface area contributed by atoms with Crippen molar-refractivity contribution in [3.63, 3.8) is 0 Å². The summed E-state index contributed by atoms with van der Waals surface area (Å²) in [7, 11) is 1.97. The van der Waals surface area contributed by atoms with Crippen LogP contribution < -0.4 is 22.1 Å². The zero-order chi connectivity index (χ0) is 39.0. The van der Waals surface area contributed by atoms with Gasteiger partial charge in [0.05, 0.1) is 33.5 Å². The van der Waals surface area contributed by atoms with Crippen molar-refractivity contribution in [2.75, 3.05) is 30.8 Å². The van der Waals surface area contributed by atoms with Crippen molar-refractivity contribution in [2.24, 2.45) is 11.5 Å². The molecule has 6 aromatic rings. The third-order valence-electron chi connectivity index (χ3n) is 10.1. The number of nitrogens with two attached hydrogens (primary N) is 2. The van der Waals surface area contributed by atoms with Crippen LogP contribution in [0, 0.1) is 13.8 Å². The van der Waals surface area contributed by atoms with Gasteiger partial charge in [-0.05, 0) is 89.5 Å². The molecule has 0 saturated carbocycles. The number of benzene rings is 2. The van der Waals surface area contributed by atoms with Crippen LogP contribution in [0.1, 0.15) is 84.8 Å². The first kappa shape index (κ1) is 37.0. The molecule has 4 amide bonds. The topological polar surface area (TPSA) is 219 Å². The maximum absolute atomic E-state index is 14.2. The molecule has 7 rings (SSSR count). The van der Waals surface area contributed by atoms with Crippen molar-refractivity contribution in [1.82, 2.24) is 43.6 Å². The molecule has 0 saturated heterocycles. The number of carbonyl (C=O) groups is 4. The third kappa shape index (κ3) is 7.42. The molecule has 0 spiro atoms. The number of likely N-dealkylation sites (N-methyl/N-ethyl adjacent to an activating group) is 1. The molecular weight excluding hydrogens is 703 g/mol. The predicted octanol–water partition coefficient (Wildman–Crippen LogP) is 3.48. The Morgan fingerprint density at radius 3 is 1.89 bits per heavy atom. The van der Waals surface area contributed by atoms with E-state index < -0.39 is 11.8 Å². The highest BCUT2D eigenvalue weighted by atomic mass is 16.2. The minimum atomic E-state index is -0.573. The minimum absolute atomic E-state index is 0.313. The van der Waals surface area contributed by atoms with Crippen LogP contribution in [0.15, 0.2) is 42.5 Å². The number of aryl methyl sites for hydroxylation is 4. The minimum Gasteiger partial charge on any atom is -0.366 e. The quantitative estimate of drug-likeness (QED) is 0.208. The standard InChI is InChI=1S/C38H45N13O4/c1-5-50-32-26(23(3)46-50)9-7-6-8-14-51-31(19-22(2)45-51)35(54)43-37-41-27-20-24(33(39)52)10-12-29(27)48(37)17-15-47(4)16-18-49-30-13-11-25(34(40)53)21-28(30)42-38(49)44-36(32)55/h10-13,19-21H,5-9,14-18H2,1-4H3,(H2,39,52)(H2,40,53)(H,41,43,54)(H,42,44,55). The van der Waals surface area contributed by atoms with Crippen LogP contribution in [0.3, 0.4) is 0 Å². The monoisotopic (exact) mass is 747 g/mol. The molecule has 0 unspecified atom stereocenters. The predicted molar refractivity (Wildman–Crippen MR) is 207 cm³/mol. The van der Waals surface area contributed by atoms with Crippen LogP contribution in [0.25, 0.3) is 22.1 Å². The van der Waals surface area contributed by atoms with Crippen molar-refractivity contribution in [3.05, 3.63) is 81.9 Å². The summed E-state index contributed by atoms with van der Waals surface area (Å²) in [6.45, 7) is 8.72. The van der Waals surface area contributed by atoms with Gasteiger partial charge in [0.2, 0.25) is 23.7 Å². The summed E-state index contributed by atoms with van der Waals surface area (Å²) >= 11 is 0. The van der Waals surface area contributed by atoms with Crippen molar-refractivity contribution in [3.8, 4) is 0 Å². The highest BCUT2D eigenvalue weighted by Crippen LogP contribution is 2.26. The summed E-state index contributed by atoms with van der Waals surface area (Å²) in [5, 5.41) is 15.4. The summed E-state index contributed by atoms with van der Waals surface area (Å²) in [5.41, 5.74) is 17.6.